The monoisotopic (exact) mass is 561 g/mol. The molecule has 3 aromatic rings. The third kappa shape index (κ3) is 9.19. The number of nitrogens with zero attached hydrogens (tertiary/aromatic N) is 3. The van der Waals surface area contributed by atoms with E-state index in [2.05, 4.69) is 42.0 Å². The Bertz CT molecular complexity index is 1360. The molecule has 41 heavy (non-hydrogen) atoms. The fraction of sp³-hybridized carbons (Fsp3) is 0.438. The van der Waals surface area contributed by atoms with Crippen LogP contribution in [-0.2, 0) is 28.4 Å². The van der Waals surface area contributed by atoms with Gasteiger partial charge in [0.05, 0.1) is 23.4 Å². The Kier molecular flexibility index (Phi) is 11.7. The third-order valence-electron chi connectivity index (χ3n) is 6.16. The summed E-state index contributed by atoms with van der Waals surface area (Å²) in [6.07, 6.45) is 2.40. The second-order valence-electron chi connectivity index (χ2n) is 11.1. The molecule has 0 saturated heterocycles. The van der Waals surface area contributed by atoms with E-state index < -0.39 is 6.04 Å². The number of benzene rings is 2. The smallest absolute Gasteiger partial charge is 0.251 e. The predicted molar refractivity (Wildman–Crippen MR) is 161 cm³/mol. The summed E-state index contributed by atoms with van der Waals surface area (Å²) in [6, 6.07) is 14.5. The molecule has 9 heteroatoms. The number of ether oxygens (including phenoxy) is 2. The molecule has 2 N–H and O–H groups in total. The first-order valence-electron chi connectivity index (χ1n) is 13.3. The van der Waals surface area contributed by atoms with E-state index in [0.717, 1.165) is 22.6 Å². The van der Waals surface area contributed by atoms with Crippen molar-refractivity contribution >= 4 is 11.8 Å². The molecule has 0 bridgehead atoms. The standard InChI is InChI=1S/C31H39N5O4.CH4/c1-20(2)40-27-13-12-23(15-24(27)16-32)29(38)34-25(17-33-28(37)19-39-7)14-21-8-10-22(11-9-21)26-18-36(6)30(35-26)31(3,4)5;/h8-13,15,18,20,25H,14,17,19H2,1-7H3,(H,33,37)(H,34,38);1H4/t25-;/m0./s1. The minimum atomic E-state index is -0.404. The second-order valence-corrected chi connectivity index (χ2v) is 11.1. The fourth-order valence-electron chi connectivity index (χ4n) is 4.38. The maximum absolute atomic E-state index is 13.2. The van der Waals surface area contributed by atoms with Crippen LogP contribution in [0.1, 0.15) is 69.4 Å². The maximum atomic E-state index is 13.2. The Hall–Kier alpha value is -4.16. The zero-order valence-corrected chi connectivity index (χ0v) is 24.4. The maximum Gasteiger partial charge on any atom is 0.251 e. The molecule has 0 aliphatic rings. The zero-order valence-electron chi connectivity index (χ0n) is 24.4. The van der Waals surface area contributed by atoms with Crippen molar-refractivity contribution in [2.45, 2.75) is 66.0 Å². The number of amides is 2. The summed E-state index contributed by atoms with van der Waals surface area (Å²) in [7, 11) is 3.45. The third-order valence-corrected chi connectivity index (χ3v) is 6.16. The molecule has 0 spiro atoms. The Morgan fingerprint density at radius 2 is 1.80 bits per heavy atom. The van der Waals surface area contributed by atoms with E-state index in [1.165, 1.54) is 13.2 Å². The molecule has 2 amide bonds. The summed E-state index contributed by atoms with van der Waals surface area (Å²) in [6.45, 7) is 10.3. The van der Waals surface area contributed by atoms with Gasteiger partial charge in [-0.25, -0.2) is 4.98 Å². The Morgan fingerprint density at radius 1 is 1.12 bits per heavy atom. The number of methoxy groups -OCH3 is 1. The number of hydrogen-bond acceptors (Lipinski definition) is 6. The molecule has 9 nitrogen and oxygen atoms in total. The number of carbonyl (C=O) groups is 2. The van der Waals surface area contributed by atoms with E-state index in [1.54, 1.807) is 12.1 Å². The van der Waals surface area contributed by atoms with Gasteiger partial charge in [-0.05, 0) is 44.0 Å². The molecule has 1 atom stereocenters. The normalized spacial score (nSPS) is 11.8. The van der Waals surface area contributed by atoms with E-state index in [4.69, 9.17) is 14.5 Å². The van der Waals surface area contributed by atoms with Gasteiger partial charge in [0, 0.05) is 43.4 Å². The van der Waals surface area contributed by atoms with E-state index in [0.29, 0.717) is 17.7 Å². The fourth-order valence-corrected chi connectivity index (χ4v) is 4.38. The van der Waals surface area contributed by atoms with Gasteiger partial charge in [-0.3, -0.25) is 9.59 Å². The van der Waals surface area contributed by atoms with Crippen LogP contribution in [0.25, 0.3) is 11.3 Å². The first kappa shape index (κ1) is 33.0. The van der Waals surface area contributed by atoms with Crippen LogP contribution in [0.3, 0.4) is 0 Å². The van der Waals surface area contributed by atoms with E-state index in [1.807, 2.05) is 51.4 Å². The van der Waals surface area contributed by atoms with Gasteiger partial charge in [-0.2, -0.15) is 5.26 Å². The lowest BCUT2D eigenvalue weighted by Crippen LogP contribution is -2.45. The highest BCUT2D eigenvalue weighted by Gasteiger charge is 2.21. The number of hydrogen-bond donors (Lipinski definition) is 2. The number of imidazole rings is 1. The Morgan fingerprint density at radius 3 is 2.37 bits per heavy atom. The van der Waals surface area contributed by atoms with Crippen LogP contribution in [0, 0.1) is 11.3 Å². The number of nitriles is 1. The van der Waals surface area contributed by atoms with Crippen molar-refractivity contribution in [3.05, 3.63) is 71.2 Å². The van der Waals surface area contributed by atoms with Gasteiger partial charge >= 0.3 is 0 Å². The minimum Gasteiger partial charge on any atom is -0.490 e. The van der Waals surface area contributed by atoms with Crippen molar-refractivity contribution in [2.24, 2.45) is 7.05 Å². The van der Waals surface area contributed by atoms with E-state index in [-0.39, 0.29) is 49.5 Å². The summed E-state index contributed by atoms with van der Waals surface area (Å²) in [5.41, 5.74) is 3.43. The minimum absolute atomic E-state index is 0. The average molecular weight is 562 g/mol. The molecule has 220 valence electrons. The summed E-state index contributed by atoms with van der Waals surface area (Å²) >= 11 is 0. The summed E-state index contributed by atoms with van der Waals surface area (Å²) in [5.74, 6) is 0.812. The van der Waals surface area contributed by atoms with E-state index in [9.17, 15) is 14.9 Å². The van der Waals surface area contributed by atoms with Gasteiger partial charge in [0.25, 0.3) is 5.91 Å². The SMILES string of the molecule is C.COCC(=O)NC[C@H](Cc1ccc(-c2cn(C)c(C(C)(C)C)n2)cc1)NC(=O)c1ccc(OC(C)C)c(C#N)c1. The number of rotatable bonds is 11. The van der Waals surface area contributed by atoms with Crippen molar-refractivity contribution in [2.75, 3.05) is 20.3 Å². The lowest BCUT2D eigenvalue weighted by Gasteiger charge is -2.20. The first-order valence-corrected chi connectivity index (χ1v) is 13.3. The lowest BCUT2D eigenvalue weighted by atomic mass is 9.96. The number of aromatic nitrogens is 2. The van der Waals surface area contributed by atoms with Crippen LogP contribution in [0.4, 0.5) is 0 Å². The Balaban J connectivity index is 0.00000588. The molecule has 0 aliphatic heterocycles. The topological polar surface area (TPSA) is 118 Å². The number of carbonyl (C=O) groups excluding carboxylic acids is 2. The van der Waals surface area contributed by atoms with Gasteiger partial charge in [0.2, 0.25) is 5.91 Å². The highest BCUT2D eigenvalue weighted by Crippen LogP contribution is 2.26. The van der Waals surface area contributed by atoms with Crippen LogP contribution in [0.2, 0.25) is 0 Å². The molecular formula is C32H43N5O4. The van der Waals surface area contributed by atoms with Gasteiger partial charge in [0.1, 0.15) is 24.3 Å². The van der Waals surface area contributed by atoms with Crippen molar-refractivity contribution in [3.8, 4) is 23.1 Å². The molecule has 0 unspecified atom stereocenters. The lowest BCUT2D eigenvalue weighted by molar-refractivity contribution is -0.124. The molecule has 0 saturated carbocycles. The molecule has 1 heterocycles. The van der Waals surface area contributed by atoms with Gasteiger partial charge in [0.15, 0.2) is 0 Å². The van der Waals surface area contributed by atoms with Gasteiger partial charge < -0.3 is 24.7 Å². The molecular weight excluding hydrogens is 518 g/mol. The first-order chi connectivity index (χ1) is 18.9. The van der Waals surface area contributed by atoms with Crippen LogP contribution >= 0.6 is 0 Å². The largest absolute Gasteiger partial charge is 0.490 e. The zero-order chi connectivity index (χ0) is 29.4. The van der Waals surface area contributed by atoms with Gasteiger partial charge in [-0.1, -0.05) is 52.5 Å². The summed E-state index contributed by atoms with van der Waals surface area (Å²) in [5, 5.41) is 15.4. The molecule has 0 fully saturated rings. The molecule has 0 aliphatic carbocycles. The number of aryl methyl sites for hydroxylation is 1. The second kappa shape index (κ2) is 14.5. The van der Waals surface area contributed by atoms with Gasteiger partial charge in [-0.15, -0.1) is 0 Å². The van der Waals surface area contributed by atoms with Crippen molar-refractivity contribution in [1.29, 1.82) is 5.26 Å². The van der Waals surface area contributed by atoms with Crippen LogP contribution in [0.15, 0.2) is 48.7 Å². The van der Waals surface area contributed by atoms with Crippen molar-refractivity contribution in [3.63, 3.8) is 0 Å². The summed E-state index contributed by atoms with van der Waals surface area (Å²) in [4.78, 5) is 30.1. The summed E-state index contributed by atoms with van der Waals surface area (Å²) < 4.78 is 12.6. The molecule has 0 radical (unpaired) electrons. The molecule has 2 aromatic carbocycles. The Labute approximate surface area is 243 Å². The molecule has 3 rings (SSSR count). The van der Waals surface area contributed by atoms with Crippen LogP contribution in [-0.4, -0.2) is 53.8 Å². The van der Waals surface area contributed by atoms with Crippen molar-refractivity contribution < 1.29 is 19.1 Å². The van der Waals surface area contributed by atoms with Crippen molar-refractivity contribution in [1.82, 2.24) is 20.2 Å². The highest BCUT2D eigenvalue weighted by molar-refractivity contribution is 5.95. The highest BCUT2D eigenvalue weighted by atomic mass is 16.5. The number of nitrogens with one attached hydrogen (secondary N) is 2. The van der Waals surface area contributed by atoms with Crippen LogP contribution in [0.5, 0.6) is 5.75 Å². The van der Waals surface area contributed by atoms with E-state index >= 15 is 0 Å². The molecule has 1 aromatic heterocycles. The van der Waals surface area contributed by atoms with Crippen LogP contribution < -0.4 is 15.4 Å². The predicted octanol–water partition coefficient (Wildman–Crippen LogP) is 4.78. The quantitative estimate of drug-likeness (QED) is 0.348. The average Bonchev–Trinajstić information content (AvgIpc) is 3.30.